The average Bonchev–Trinajstić information content (AvgIpc) is 2.62. The summed E-state index contributed by atoms with van der Waals surface area (Å²) in [6, 6.07) is 0. The summed E-state index contributed by atoms with van der Waals surface area (Å²) < 4.78 is 9.26. The summed E-state index contributed by atoms with van der Waals surface area (Å²) >= 11 is 0. The summed E-state index contributed by atoms with van der Waals surface area (Å²) in [6.45, 7) is 1.88. The highest BCUT2D eigenvalue weighted by Crippen LogP contribution is 2.50. The zero-order valence-electron chi connectivity index (χ0n) is 11.0. The van der Waals surface area contributed by atoms with Crippen molar-refractivity contribution in [2.24, 2.45) is 17.3 Å². The standard InChI is InChI=1S/C14H14O6/c1-2-7-3-14(5-9(15)19-10(16)6-14)4-8-11(7)13(18)20-12(8)17/h3,8,11H,2,4-6H2,1H3. The monoisotopic (exact) mass is 278 g/mol. The Hall–Kier alpha value is -1.98. The Morgan fingerprint density at radius 2 is 1.75 bits per heavy atom. The van der Waals surface area contributed by atoms with Crippen molar-refractivity contribution in [2.45, 2.75) is 32.6 Å². The molecule has 2 unspecified atom stereocenters. The van der Waals surface area contributed by atoms with E-state index in [1.807, 2.05) is 13.0 Å². The first kappa shape index (κ1) is 13.0. The van der Waals surface area contributed by atoms with Crippen molar-refractivity contribution in [3.8, 4) is 0 Å². The smallest absolute Gasteiger partial charge is 0.321 e. The first-order valence-electron chi connectivity index (χ1n) is 6.65. The highest BCUT2D eigenvalue weighted by atomic mass is 16.6. The summed E-state index contributed by atoms with van der Waals surface area (Å²) in [4.78, 5) is 46.6. The second-order valence-corrected chi connectivity index (χ2v) is 5.66. The third-order valence-electron chi connectivity index (χ3n) is 4.31. The molecule has 2 aliphatic heterocycles. The summed E-state index contributed by atoms with van der Waals surface area (Å²) in [6.07, 6.45) is 2.81. The molecule has 0 radical (unpaired) electrons. The van der Waals surface area contributed by atoms with E-state index in [-0.39, 0.29) is 19.3 Å². The minimum atomic E-state index is -0.706. The number of carbonyl (C=O) groups excluding carboxylic acids is 4. The van der Waals surface area contributed by atoms with E-state index in [0.29, 0.717) is 6.42 Å². The molecule has 0 aromatic carbocycles. The lowest BCUT2D eigenvalue weighted by Gasteiger charge is -2.39. The minimum absolute atomic E-state index is 0.0624. The van der Waals surface area contributed by atoms with Gasteiger partial charge in [-0.05, 0) is 12.8 Å². The van der Waals surface area contributed by atoms with Crippen LogP contribution in [0, 0.1) is 17.3 Å². The van der Waals surface area contributed by atoms with Gasteiger partial charge < -0.3 is 9.47 Å². The maximum absolute atomic E-state index is 11.8. The first-order valence-corrected chi connectivity index (χ1v) is 6.65. The molecule has 0 saturated carbocycles. The van der Waals surface area contributed by atoms with Gasteiger partial charge in [0.05, 0.1) is 24.7 Å². The minimum Gasteiger partial charge on any atom is -0.393 e. The molecule has 0 bridgehead atoms. The topological polar surface area (TPSA) is 86.7 Å². The first-order chi connectivity index (χ1) is 9.44. The number of hydrogen-bond acceptors (Lipinski definition) is 6. The summed E-state index contributed by atoms with van der Waals surface area (Å²) in [5.74, 6) is -3.36. The number of rotatable bonds is 1. The van der Waals surface area contributed by atoms with E-state index in [4.69, 9.17) is 4.74 Å². The molecule has 0 aromatic heterocycles. The van der Waals surface area contributed by atoms with Crippen LogP contribution in [0.1, 0.15) is 32.6 Å². The largest absolute Gasteiger partial charge is 0.393 e. The van der Waals surface area contributed by atoms with Crippen LogP contribution in [0.2, 0.25) is 0 Å². The van der Waals surface area contributed by atoms with E-state index in [0.717, 1.165) is 5.57 Å². The molecule has 2 heterocycles. The SMILES string of the molecule is CCC1=CC2(CC(=O)OC(=O)C2)CC2C(=O)OC(=O)C12. The maximum atomic E-state index is 11.8. The Kier molecular flexibility index (Phi) is 2.77. The molecule has 1 aliphatic carbocycles. The van der Waals surface area contributed by atoms with E-state index in [9.17, 15) is 19.2 Å². The van der Waals surface area contributed by atoms with Crippen LogP contribution in [-0.4, -0.2) is 23.9 Å². The molecule has 0 N–H and O–H groups in total. The van der Waals surface area contributed by atoms with E-state index in [1.54, 1.807) is 0 Å². The van der Waals surface area contributed by atoms with Crippen LogP contribution in [-0.2, 0) is 28.7 Å². The summed E-state index contributed by atoms with van der Waals surface area (Å²) in [5, 5.41) is 0. The Labute approximate surface area is 115 Å². The lowest BCUT2D eigenvalue weighted by molar-refractivity contribution is -0.169. The number of allylic oxidation sites excluding steroid dienone is 1. The average molecular weight is 278 g/mol. The zero-order chi connectivity index (χ0) is 14.5. The molecular weight excluding hydrogens is 264 g/mol. The molecule has 2 atom stereocenters. The quantitative estimate of drug-likeness (QED) is 0.402. The van der Waals surface area contributed by atoms with Gasteiger partial charge in [0, 0.05) is 5.41 Å². The predicted molar refractivity (Wildman–Crippen MR) is 63.8 cm³/mol. The van der Waals surface area contributed by atoms with Gasteiger partial charge in [0.15, 0.2) is 0 Å². The summed E-state index contributed by atoms with van der Waals surface area (Å²) in [5.41, 5.74) is 0.0716. The molecule has 1 spiro atoms. The van der Waals surface area contributed by atoms with Gasteiger partial charge in [0.25, 0.3) is 0 Å². The highest BCUT2D eigenvalue weighted by molar-refractivity contribution is 5.99. The van der Waals surface area contributed by atoms with E-state index < -0.39 is 41.1 Å². The number of ether oxygens (including phenoxy) is 2. The van der Waals surface area contributed by atoms with Crippen molar-refractivity contribution in [3.63, 3.8) is 0 Å². The van der Waals surface area contributed by atoms with Gasteiger partial charge in [0.2, 0.25) is 0 Å². The Bertz CT molecular complexity index is 542. The zero-order valence-corrected chi connectivity index (χ0v) is 11.0. The molecule has 20 heavy (non-hydrogen) atoms. The summed E-state index contributed by atoms with van der Waals surface area (Å²) in [7, 11) is 0. The Balaban J connectivity index is 2.02. The van der Waals surface area contributed by atoms with Gasteiger partial charge in [-0.3, -0.25) is 19.2 Å². The molecule has 2 saturated heterocycles. The van der Waals surface area contributed by atoms with Crippen LogP contribution >= 0.6 is 0 Å². The number of fused-ring (bicyclic) bond motifs is 1. The molecule has 3 rings (SSSR count). The van der Waals surface area contributed by atoms with Gasteiger partial charge in [0.1, 0.15) is 0 Å². The molecule has 2 fully saturated rings. The highest BCUT2D eigenvalue weighted by Gasteiger charge is 2.54. The van der Waals surface area contributed by atoms with Crippen molar-refractivity contribution in [1.29, 1.82) is 0 Å². The van der Waals surface area contributed by atoms with Gasteiger partial charge in [-0.1, -0.05) is 18.6 Å². The molecular formula is C14H14O6. The van der Waals surface area contributed by atoms with Crippen molar-refractivity contribution >= 4 is 23.9 Å². The molecule has 106 valence electrons. The number of hydrogen-bond donors (Lipinski definition) is 0. The van der Waals surface area contributed by atoms with Crippen LogP contribution < -0.4 is 0 Å². The fraction of sp³-hybridized carbons (Fsp3) is 0.571. The number of esters is 4. The molecule has 0 amide bonds. The van der Waals surface area contributed by atoms with Crippen molar-refractivity contribution in [3.05, 3.63) is 11.6 Å². The Morgan fingerprint density at radius 1 is 1.10 bits per heavy atom. The molecule has 6 heteroatoms. The Morgan fingerprint density at radius 3 is 2.35 bits per heavy atom. The third kappa shape index (κ3) is 1.87. The predicted octanol–water partition coefficient (Wildman–Crippen LogP) is 0.892. The number of carbonyl (C=O) groups is 4. The second kappa shape index (κ2) is 4.26. The number of cyclic esters (lactones) is 4. The van der Waals surface area contributed by atoms with Crippen molar-refractivity contribution < 1.29 is 28.7 Å². The fourth-order valence-corrected chi connectivity index (χ4v) is 3.53. The third-order valence-corrected chi connectivity index (χ3v) is 4.31. The van der Waals surface area contributed by atoms with E-state index in [1.165, 1.54) is 0 Å². The normalized spacial score (nSPS) is 31.8. The lowest BCUT2D eigenvalue weighted by atomic mass is 9.63. The van der Waals surface area contributed by atoms with Crippen LogP contribution in [0.25, 0.3) is 0 Å². The van der Waals surface area contributed by atoms with Crippen LogP contribution in [0.4, 0.5) is 0 Å². The lowest BCUT2D eigenvalue weighted by Crippen LogP contribution is -2.41. The molecule has 3 aliphatic rings. The molecule has 0 aromatic rings. The second-order valence-electron chi connectivity index (χ2n) is 5.66. The fourth-order valence-electron chi connectivity index (χ4n) is 3.53. The van der Waals surface area contributed by atoms with Gasteiger partial charge >= 0.3 is 23.9 Å². The van der Waals surface area contributed by atoms with Gasteiger partial charge in [-0.25, -0.2) is 0 Å². The van der Waals surface area contributed by atoms with Crippen LogP contribution in [0.5, 0.6) is 0 Å². The van der Waals surface area contributed by atoms with Crippen molar-refractivity contribution in [2.75, 3.05) is 0 Å². The van der Waals surface area contributed by atoms with Crippen molar-refractivity contribution in [1.82, 2.24) is 0 Å². The van der Waals surface area contributed by atoms with Gasteiger partial charge in [-0.15, -0.1) is 0 Å². The van der Waals surface area contributed by atoms with Gasteiger partial charge in [-0.2, -0.15) is 0 Å². The van der Waals surface area contributed by atoms with Crippen LogP contribution in [0.15, 0.2) is 11.6 Å². The van der Waals surface area contributed by atoms with E-state index >= 15 is 0 Å². The van der Waals surface area contributed by atoms with Crippen LogP contribution in [0.3, 0.4) is 0 Å². The van der Waals surface area contributed by atoms with E-state index in [2.05, 4.69) is 4.74 Å². The molecule has 6 nitrogen and oxygen atoms in total. The maximum Gasteiger partial charge on any atom is 0.321 e.